The van der Waals surface area contributed by atoms with E-state index in [-0.39, 0.29) is 11.9 Å². The van der Waals surface area contributed by atoms with E-state index in [1.807, 2.05) is 13.1 Å². The summed E-state index contributed by atoms with van der Waals surface area (Å²) in [6.45, 7) is 5.70. The van der Waals surface area contributed by atoms with Gasteiger partial charge < -0.3 is 14.8 Å². The van der Waals surface area contributed by atoms with Crippen LogP contribution < -0.4 is 10.1 Å². The van der Waals surface area contributed by atoms with Crippen molar-refractivity contribution >= 4 is 45.2 Å². The zero-order valence-corrected chi connectivity index (χ0v) is 19.1. The van der Waals surface area contributed by atoms with Gasteiger partial charge in [-0.2, -0.15) is 0 Å². The topological polar surface area (TPSA) is 85.7 Å². The van der Waals surface area contributed by atoms with Gasteiger partial charge in [0.15, 0.2) is 0 Å². The summed E-state index contributed by atoms with van der Waals surface area (Å²) in [5.74, 6) is 1.41. The first kappa shape index (κ1) is 20.9. The fraction of sp³-hybridized carbons (Fsp3) is 0.417. The summed E-state index contributed by atoms with van der Waals surface area (Å²) in [4.78, 5) is 27.9. The lowest BCUT2D eigenvalue weighted by Gasteiger charge is -2.21. The molecule has 1 aliphatic heterocycles. The average Bonchev–Trinajstić information content (AvgIpc) is 3.41. The average molecular weight is 451 g/mol. The van der Waals surface area contributed by atoms with E-state index in [2.05, 4.69) is 39.3 Å². The van der Waals surface area contributed by atoms with Gasteiger partial charge in [0, 0.05) is 11.1 Å². The van der Waals surface area contributed by atoms with E-state index < -0.39 is 0 Å². The number of anilines is 2. The Balaban J connectivity index is 1.50. The van der Waals surface area contributed by atoms with Crippen LogP contribution >= 0.6 is 11.3 Å². The number of nitrogens with one attached hydrogen (secondary N) is 1. The minimum atomic E-state index is -0.0995. The molecule has 0 saturated heterocycles. The summed E-state index contributed by atoms with van der Waals surface area (Å²) < 4.78 is 11.3. The minimum Gasteiger partial charge on any atom is -0.491 e. The number of ether oxygens (including phenoxy) is 2. The second-order valence-corrected chi connectivity index (χ2v) is 9.17. The lowest BCUT2D eigenvalue weighted by atomic mass is 9.88. The lowest BCUT2D eigenvalue weighted by molar-refractivity contribution is -0.148. The zero-order valence-electron chi connectivity index (χ0n) is 18.3. The first-order valence-corrected chi connectivity index (χ1v) is 12.0. The highest BCUT2D eigenvalue weighted by molar-refractivity contribution is 7.19. The van der Waals surface area contributed by atoms with E-state index in [0.717, 1.165) is 52.3 Å². The van der Waals surface area contributed by atoms with Crippen LogP contribution in [0.1, 0.15) is 48.3 Å². The predicted octanol–water partition coefficient (Wildman–Crippen LogP) is 4.82. The zero-order chi connectivity index (χ0) is 22.1. The maximum atomic E-state index is 12.3. The van der Waals surface area contributed by atoms with Crippen molar-refractivity contribution in [2.45, 2.75) is 46.1 Å². The third-order valence-electron chi connectivity index (χ3n) is 5.91. The molecule has 0 amide bonds. The third kappa shape index (κ3) is 3.83. The van der Waals surface area contributed by atoms with Crippen molar-refractivity contribution in [2.75, 3.05) is 18.5 Å². The Bertz CT molecular complexity index is 1200. The van der Waals surface area contributed by atoms with Crippen molar-refractivity contribution in [3.8, 4) is 5.75 Å². The summed E-state index contributed by atoms with van der Waals surface area (Å²) in [6.07, 6.45) is 6.74. The van der Waals surface area contributed by atoms with Crippen molar-refractivity contribution in [2.24, 2.45) is 10.9 Å². The number of fused-ring (bicyclic) bond motifs is 4. The van der Waals surface area contributed by atoms with Crippen molar-refractivity contribution in [3.63, 3.8) is 0 Å². The predicted molar refractivity (Wildman–Crippen MR) is 126 cm³/mol. The SMILES string of the molecule is CCCOc1cc2c(cc1Nc1ncnc3sc4c(c13)CC[C@H](C(=O)OCC)C4)C=NC2. The molecule has 2 aliphatic rings. The fourth-order valence-electron chi connectivity index (χ4n) is 4.36. The summed E-state index contributed by atoms with van der Waals surface area (Å²) in [7, 11) is 0. The highest BCUT2D eigenvalue weighted by Gasteiger charge is 2.30. The second kappa shape index (κ2) is 8.86. The normalized spacial score (nSPS) is 16.6. The highest BCUT2D eigenvalue weighted by Crippen LogP contribution is 2.42. The molecule has 3 aromatic rings. The number of hydrogen-bond donors (Lipinski definition) is 1. The summed E-state index contributed by atoms with van der Waals surface area (Å²) in [5.41, 5.74) is 4.40. The largest absolute Gasteiger partial charge is 0.491 e. The number of carbonyl (C=O) groups is 1. The number of aryl methyl sites for hydroxylation is 1. The Labute approximate surface area is 190 Å². The molecule has 32 heavy (non-hydrogen) atoms. The number of carbonyl (C=O) groups excluding carboxylic acids is 1. The minimum absolute atomic E-state index is 0.0788. The molecular weight excluding hydrogens is 424 g/mol. The number of hydrogen-bond acceptors (Lipinski definition) is 8. The number of aliphatic imine (C=N–C) groups is 1. The Morgan fingerprint density at radius 3 is 3.03 bits per heavy atom. The molecule has 1 atom stereocenters. The Morgan fingerprint density at radius 1 is 1.28 bits per heavy atom. The van der Waals surface area contributed by atoms with Crippen LogP contribution in [0, 0.1) is 5.92 Å². The van der Waals surface area contributed by atoms with Gasteiger partial charge in [-0.05, 0) is 61.4 Å². The molecule has 0 radical (unpaired) electrons. The maximum absolute atomic E-state index is 12.3. The van der Waals surface area contributed by atoms with Crippen molar-refractivity contribution < 1.29 is 14.3 Å². The summed E-state index contributed by atoms with van der Waals surface area (Å²) >= 11 is 1.65. The van der Waals surface area contributed by atoms with Crippen molar-refractivity contribution in [1.82, 2.24) is 9.97 Å². The highest BCUT2D eigenvalue weighted by atomic mass is 32.1. The molecule has 166 valence electrons. The van der Waals surface area contributed by atoms with Crippen LogP contribution in [0.4, 0.5) is 11.5 Å². The molecule has 1 aliphatic carbocycles. The first-order valence-electron chi connectivity index (χ1n) is 11.2. The summed E-state index contributed by atoms with van der Waals surface area (Å²) in [5, 5.41) is 4.57. The van der Waals surface area contributed by atoms with E-state index in [1.54, 1.807) is 17.7 Å². The number of nitrogens with zero attached hydrogens (tertiary/aromatic N) is 3. The molecule has 0 spiro atoms. The Kier molecular flexibility index (Phi) is 5.78. The molecule has 3 heterocycles. The van der Waals surface area contributed by atoms with E-state index in [0.29, 0.717) is 26.2 Å². The maximum Gasteiger partial charge on any atom is 0.309 e. The van der Waals surface area contributed by atoms with Gasteiger partial charge in [0.05, 0.1) is 36.8 Å². The van der Waals surface area contributed by atoms with Gasteiger partial charge in [0.2, 0.25) is 0 Å². The molecule has 5 rings (SSSR count). The van der Waals surface area contributed by atoms with Crippen LogP contribution in [0.25, 0.3) is 10.2 Å². The number of benzene rings is 1. The molecule has 7 nitrogen and oxygen atoms in total. The quantitative estimate of drug-likeness (QED) is 0.519. The van der Waals surface area contributed by atoms with Crippen LogP contribution in [0.15, 0.2) is 23.5 Å². The molecular formula is C24H26N4O3S. The van der Waals surface area contributed by atoms with Gasteiger partial charge in [-0.25, -0.2) is 9.97 Å². The third-order valence-corrected chi connectivity index (χ3v) is 7.08. The lowest BCUT2D eigenvalue weighted by Crippen LogP contribution is -2.23. The van der Waals surface area contributed by atoms with E-state index in [4.69, 9.17) is 9.47 Å². The molecule has 0 bridgehead atoms. The molecule has 1 aromatic carbocycles. The van der Waals surface area contributed by atoms with Gasteiger partial charge in [0.25, 0.3) is 0 Å². The number of rotatable bonds is 7. The Morgan fingerprint density at radius 2 is 2.19 bits per heavy atom. The molecule has 2 aromatic heterocycles. The van der Waals surface area contributed by atoms with Gasteiger partial charge in [-0.1, -0.05) is 6.92 Å². The molecule has 0 unspecified atom stereocenters. The molecule has 1 N–H and O–H groups in total. The van der Waals surface area contributed by atoms with Gasteiger partial charge in [-0.15, -0.1) is 11.3 Å². The van der Waals surface area contributed by atoms with Crippen LogP contribution in [-0.2, 0) is 28.9 Å². The van der Waals surface area contributed by atoms with E-state index in [1.165, 1.54) is 16.0 Å². The smallest absolute Gasteiger partial charge is 0.309 e. The molecule has 0 fully saturated rings. The number of esters is 1. The van der Waals surface area contributed by atoms with Crippen LogP contribution in [0.5, 0.6) is 5.75 Å². The van der Waals surface area contributed by atoms with Crippen LogP contribution in [0.3, 0.4) is 0 Å². The molecule has 0 saturated carbocycles. The van der Waals surface area contributed by atoms with Crippen LogP contribution in [0.2, 0.25) is 0 Å². The fourth-order valence-corrected chi connectivity index (χ4v) is 5.63. The van der Waals surface area contributed by atoms with Gasteiger partial charge in [0.1, 0.15) is 22.7 Å². The number of thiophene rings is 1. The van der Waals surface area contributed by atoms with E-state index in [9.17, 15) is 4.79 Å². The monoisotopic (exact) mass is 450 g/mol. The van der Waals surface area contributed by atoms with E-state index >= 15 is 0 Å². The van der Waals surface area contributed by atoms with Gasteiger partial charge in [-0.3, -0.25) is 9.79 Å². The summed E-state index contributed by atoms with van der Waals surface area (Å²) in [6, 6.07) is 4.16. The number of aromatic nitrogens is 2. The Hall–Kier alpha value is -3.00. The standard InChI is InChI=1S/C24H26N4O3S/c1-3-7-31-19-9-16-12-25-11-15(16)8-18(19)28-22-21-17-6-5-14(24(29)30-4-2)10-20(17)32-23(21)27-13-26-22/h8-9,11,13-14H,3-7,10,12H2,1-2H3,(H,26,27,28)/t14-/m0/s1. The second-order valence-electron chi connectivity index (χ2n) is 8.09. The van der Waals surface area contributed by atoms with Crippen molar-refractivity contribution in [1.29, 1.82) is 0 Å². The molecule has 8 heteroatoms. The van der Waals surface area contributed by atoms with Crippen LogP contribution in [-0.4, -0.2) is 35.4 Å². The van der Waals surface area contributed by atoms with Crippen molar-refractivity contribution in [3.05, 3.63) is 40.0 Å². The van der Waals surface area contributed by atoms with Gasteiger partial charge >= 0.3 is 5.97 Å². The first-order chi connectivity index (χ1) is 15.7.